The van der Waals surface area contributed by atoms with Crippen LogP contribution in [0.3, 0.4) is 0 Å². The van der Waals surface area contributed by atoms with Crippen LogP contribution < -0.4 is 18.4 Å². The summed E-state index contributed by atoms with van der Waals surface area (Å²) in [5.74, 6) is 2.43. The van der Waals surface area contributed by atoms with Crippen molar-refractivity contribution in [3.8, 4) is 28.4 Å². The number of para-hydroxylation sites is 1. The maximum absolute atomic E-state index is 5.68. The molecule has 1 heterocycles. The molecular weight excluding hydrogens is 274 g/mol. The Morgan fingerprint density at radius 1 is 1.10 bits per heavy atom. The number of benzene rings is 2. The monoisotopic (exact) mass is 289 g/mol. The molecule has 0 radical (unpaired) electrons. The van der Waals surface area contributed by atoms with Crippen molar-refractivity contribution < 1.29 is 13.7 Å². The highest BCUT2D eigenvalue weighted by molar-refractivity contribution is 7.93. The van der Waals surface area contributed by atoms with Gasteiger partial charge in [0.2, 0.25) is 0 Å². The number of hydrogen-bond donors (Lipinski definition) is 1. The average molecular weight is 289 g/mol. The average Bonchev–Trinajstić information content (AvgIpc) is 2.53. The first-order valence-electron chi connectivity index (χ1n) is 6.24. The van der Waals surface area contributed by atoms with E-state index >= 15 is 0 Å². The van der Waals surface area contributed by atoms with Gasteiger partial charge in [0.05, 0.1) is 14.2 Å². The third-order valence-electron chi connectivity index (χ3n) is 3.24. The van der Waals surface area contributed by atoms with Gasteiger partial charge in [-0.05, 0) is 12.1 Å². The van der Waals surface area contributed by atoms with Crippen LogP contribution in [0.4, 0.5) is 0 Å². The van der Waals surface area contributed by atoms with Crippen LogP contribution in [0.2, 0.25) is 0 Å². The zero-order chi connectivity index (χ0) is 13.9. The molecule has 0 aromatic heterocycles. The molecule has 4 nitrogen and oxygen atoms in total. The lowest BCUT2D eigenvalue weighted by Gasteiger charge is -2.20. The molecule has 1 aliphatic heterocycles. The number of hydrogen-bond acceptors (Lipinski definition) is 5. The quantitative estimate of drug-likeness (QED) is 0.692. The van der Waals surface area contributed by atoms with Crippen LogP contribution in [0.25, 0.3) is 11.1 Å². The molecule has 104 valence electrons. The smallest absolute Gasteiger partial charge is 0.151 e. The largest absolute Gasteiger partial charge is 0.497 e. The number of rotatable bonds is 3. The molecule has 2 aromatic rings. The van der Waals surface area contributed by atoms with Crippen molar-refractivity contribution in [1.29, 1.82) is 0 Å². The van der Waals surface area contributed by atoms with E-state index in [-0.39, 0.29) is 0 Å². The highest BCUT2D eigenvalue weighted by Gasteiger charge is 2.18. The van der Waals surface area contributed by atoms with Crippen molar-refractivity contribution in [2.24, 2.45) is 0 Å². The molecule has 0 saturated carbocycles. The lowest BCUT2D eigenvalue weighted by Crippen LogP contribution is -2.13. The van der Waals surface area contributed by atoms with Gasteiger partial charge >= 0.3 is 0 Å². The molecule has 0 spiro atoms. The van der Waals surface area contributed by atoms with E-state index in [2.05, 4.69) is 10.8 Å². The van der Waals surface area contributed by atoms with Gasteiger partial charge in [0.15, 0.2) is 5.75 Å². The van der Waals surface area contributed by atoms with Crippen LogP contribution in [0.5, 0.6) is 17.2 Å². The third kappa shape index (κ3) is 2.30. The highest BCUT2D eigenvalue weighted by atomic mass is 32.2. The molecule has 20 heavy (non-hydrogen) atoms. The molecule has 0 atom stereocenters. The van der Waals surface area contributed by atoms with E-state index in [4.69, 9.17) is 13.7 Å². The zero-order valence-corrected chi connectivity index (χ0v) is 12.1. The molecule has 1 N–H and O–H groups in total. The third-order valence-corrected chi connectivity index (χ3v) is 3.75. The predicted octanol–water partition coefficient (Wildman–Crippen LogP) is 3.42. The van der Waals surface area contributed by atoms with Crippen LogP contribution in [0.1, 0.15) is 5.56 Å². The Morgan fingerprint density at radius 3 is 2.80 bits per heavy atom. The Kier molecular flexibility index (Phi) is 3.71. The van der Waals surface area contributed by atoms with E-state index in [0.717, 1.165) is 40.5 Å². The van der Waals surface area contributed by atoms with E-state index in [1.54, 1.807) is 14.2 Å². The van der Waals surface area contributed by atoms with Crippen molar-refractivity contribution in [3.63, 3.8) is 0 Å². The van der Waals surface area contributed by atoms with Gasteiger partial charge in [-0.3, -0.25) is 0 Å². The van der Waals surface area contributed by atoms with Crippen LogP contribution in [-0.4, -0.2) is 14.2 Å². The van der Waals surface area contributed by atoms with Gasteiger partial charge in [0, 0.05) is 29.3 Å². The Hall–Kier alpha value is -1.85. The molecule has 0 saturated heterocycles. The molecule has 5 heteroatoms. The van der Waals surface area contributed by atoms with E-state index in [1.165, 1.54) is 12.2 Å². The molecule has 3 rings (SSSR count). The Bertz CT molecular complexity index is 631. The summed E-state index contributed by atoms with van der Waals surface area (Å²) in [5, 5.41) is 0. The zero-order valence-electron chi connectivity index (χ0n) is 11.3. The second-order valence-corrected chi connectivity index (χ2v) is 4.97. The summed E-state index contributed by atoms with van der Waals surface area (Å²) < 4.78 is 19.5. The fraction of sp³-hybridized carbons (Fsp3) is 0.200. The molecule has 0 bridgehead atoms. The molecule has 0 amide bonds. The van der Waals surface area contributed by atoms with Crippen LogP contribution in [0.15, 0.2) is 36.4 Å². The van der Waals surface area contributed by atoms with E-state index in [0.29, 0.717) is 0 Å². The van der Waals surface area contributed by atoms with Crippen molar-refractivity contribution in [3.05, 3.63) is 42.0 Å². The Morgan fingerprint density at radius 2 is 2.00 bits per heavy atom. The first-order chi connectivity index (χ1) is 9.83. The fourth-order valence-corrected chi connectivity index (χ4v) is 2.79. The van der Waals surface area contributed by atoms with Crippen molar-refractivity contribution in [1.82, 2.24) is 4.72 Å². The van der Waals surface area contributed by atoms with Crippen LogP contribution in [-0.2, 0) is 6.54 Å². The summed E-state index contributed by atoms with van der Waals surface area (Å²) in [6, 6.07) is 11.9. The summed E-state index contributed by atoms with van der Waals surface area (Å²) in [6.07, 6.45) is 0. The van der Waals surface area contributed by atoms with Crippen LogP contribution >= 0.6 is 12.2 Å². The maximum atomic E-state index is 5.68. The normalized spacial score (nSPS) is 13.3. The first-order valence-corrected chi connectivity index (χ1v) is 6.98. The molecular formula is C15H15NO3S. The lowest BCUT2D eigenvalue weighted by atomic mass is 10.00. The second-order valence-electron chi connectivity index (χ2n) is 4.35. The van der Waals surface area contributed by atoms with Gasteiger partial charge in [-0.1, -0.05) is 18.2 Å². The van der Waals surface area contributed by atoms with Gasteiger partial charge in [0.1, 0.15) is 23.7 Å². The fourth-order valence-electron chi connectivity index (χ4n) is 2.23. The van der Waals surface area contributed by atoms with Crippen LogP contribution in [0, 0.1) is 0 Å². The molecule has 1 aliphatic rings. The second kappa shape index (κ2) is 5.64. The Labute approximate surface area is 122 Å². The number of nitrogens with one attached hydrogen (secondary N) is 1. The SMILES string of the molecule is COc1ccc(-c2cccc3c2OSNC3)c(OC)c1. The highest BCUT2D eigenvalue weighted by Crippen LogP contribution is 2.42. The summed E-state index contributed by atoms with van der Waals surface area (Å²) in [5.41, 5.74) is 3.16. The lowest BCUT2D eigenvalue weighted by molar-refractivity contribution is 0.395. The number of ether oxygens (including phenoxy) is 2. The first kappa shape index (κ1) is 13.1. The standard InChI is InChI=1S/C15H15NO3S/c1-17-11-6-7-12(14(8-11)18-2)13-5-3-4-10-9-16-20-19-15(10)13/h3-8,16H,9H2,1-2H3. The maximum Gasteiger partial charge on any atom is 0.151 e. The summed E-state index contributed by atoms with van der Waals surface area (Å²) >= 11 is 1.25. The van der Waals surface area contributed by atoms with Gasteiger partial charge in [0.25, 0.3) is 0 Å². The van der Waals surface area contributed by atoms with Gasteiger partial charge in [-0.2, -0.15) is 0 Å². The topological polar surface area (TPSA) is 39.7 Å². The molecule has 0 aliphatic carbocycles. The summed E-state index contributed by atoms with van der Waals surface area (Å²) in [4.78, 5) is 0. The van der Waals surface area contributed by atoms with Crippen molar-refractivity contribution in [2.75, 3.05) is 14.2 Å². The Balaban J connectivity index is 2.13. The number of fused-ring (bicyclic) bond motifs is 1. The predicted molar refractivity (Wildman–Crippen MR) is 80.0 cm³/mol. The minimum Gasteiger partial charge on any atom is -0.497 e. The van der Waals surface area contributed by atoms with E-state index in [9.17, 15) is 0 Å². The van der Waals surface area contributed by atoms with Crippen molar-refractivity contribution in [2.45, 2.75) is 6.54 Å². The summed E-state index contributed by atoms with van der Waals surface area (Å²) in [7, 11) is 3.30. The number of methoxy groups -OCH3 is 2. The minimum atomic E-state index is 0.768. The van der Waals surface area contributed by atoms with Gasteiger partial charge in [-0.25, -0.2) is 4.72 Å². The van der Waals surface area contributed by atoms with Gasteiger partial charge in [-0.15, -0.1) is 0 Å². The van der Waals surface area contributed by atoms with Crippen molar-refractivity contribution >= 4 is 12.2 Å². The minimum absolute atomic E-state index is 0.768. The van der Waals surface area contributed by atoms with E-state index in [1.807, 2.05) is 30.3 Å². The molecule has 2 aromatic carbocycles. The molecule has 0 fully saturated rings. The van der Waals surface area contributed by atoms with E-state index < -0.39 is 0 Å². The van der Waals surface area contributed by atoms with Gasteiger partial charge < -0.3 is 13.7 Å². The summed E-state index contributed by atoms with van der Waals surface area (Å²) in [6.45, 7) is 0.784. The molecule has 0 unspecified atom stereocenters.